The normalized spacial score (nSPS) is 11.3. The number of anilines is 1. The van der Waals surface area contributed by atoms with E-state index in [-0.39, 0.29) is 5.41 Å². The molecule has 0 amide bonds. The zero-order chi connectivity index (χ0) is 13.6. The van der Waals surface area contributed by atoms with Crippen LogP contribution in [0, 0.1) is 12.3 Å². The summed E-state index contributed by atoms with van der Waals surface area (Å²) in [4.78, 5) is 13.7. The van der Waals surface area contributed by atoms with Crippen molar-refractivity contribution in [2.24, 2.45) is 5.41 Å². The van der Waals surface area contributed by atoms with Crippen LogP contribution in [0.1, 0.15) is 39.2 Å². The van der Waals surface area contributed by atoms with Gasteiger partial charge in [-0.25, -0.2) is 0 Å². The minimum absolute atomic E-state index is 0.210. The molecule has 0 heterocycles. The van der Waals surface area contributed by atoms with Gasteiger partial charge in [-0.15, -0.1) is 0 Å². The number of nitrogens with zero attached hydrogens (tertiary/aromatic N) is 1. The topological polar surface area (TPSA) is 20.3 Å². The van der Waals surface area contributed by atoms with Gasteiger partial charge in [0.2, 0.25) is 0 Å². The van der Waals surface area contributed by atoms with Gasteiger partial charge in [0.15, 0.2) is 0 Å². The van der Waals surface area contributed by atoms with Gasteiger partial charge in [-0.1, -0.05) is 32.0 Å². The van der Waals surface area contributed by atoms with Crippen molar-refractivity contribution >= 4 is 12.0 Å². The predicted octanol–water partition coefficient (Wildman–Crippen LogP) is 3.83. The molecule has 0 radical (unpaired) electrons. The van der Waals surface area contributed by atoms with Crippen molar-refractivity contribution in [2.75, 3.05) is 18.0 Å². The number of benzene rings is 1. The lowest BCUT2D eigenvalue weighted by Gasteiger charge is -2.34. The van der Waals surface area contributed by atoms with Gasteiger partial charge in [0.05, 0.1) is 0 Å². The Balaban J connectivity index is 2.98. The summed E-state index contributed by atoms with van der Waals surface area (Å²) in [6.45, 7) is 10.2. The molecule has 2 heteroatoms. The Bertz CT molecular complexity index is 382. The maximum Gasteiger partial charge on any atom is 0.127 e. The molecule has 0 atom stereocenters. The number of hydrogen-bond acceptors (Lipinski definition) is 2. The quantitative estimate of drug-likeness (QED) is 0.683. The molecule has 0 N–H and O–H groups in total. The van der Waals surface area contributed by atoms with E-state index in [0.717, 1.165) is 32.2 Å². The molecular formula is C16H25NO. The minimum Gasteiger partial charge on any atom is -0.371 e. The van der Waals surface area contributed by atoms with E-state index in [1.54, 1.807) is 0 Å². The Kier molecular flexibility index (Phi) is 5.39. The monoisotopic (exact) mass is 247 g/mol. The van der Waals surface area contributed by atoms with Crippen LogP contribution in [0.3, 0.4) is 0 Å². The molecule has 1 aromatic carbocycles. The van der Waals surface area contributed by atoms with E-state index in [1.165, 1.54) is 11.3 Å². The molecule has 0 aliphatic heterocycles. The van der Waals surface area contributed by atoms with Gasteiger partial charge >= 0.3 is 0 Å². The summed E-state index contributed by atoms with van der Waals surface area (Å²) >= 11 is 0. The third-order valence-electron chi connectivity index (χ3n) is 4.00. The van der Waals surface area contributed by atoms with Gasteiger partial charge in [0.25, 0.3) is 0 Å². The van der Waals surface area contributed by atoms with E-state index in [1.807, 2.05) is 0 Å². The molecule has 100 valence electrons. The van der Waals surface area contributed by atoms with Gasteiger partial charge in [-0.2, -0.15) is 0 Å². The molecule has 18 heavy (non-hydrogen) atoms. The summed E-state index contributed by atoms with van der Waals surface area (Å²) < 4.78 is 0. The molecule has 1 aromatic rings. The second-order valence-corrected chi connectivity index (χ2v) is 4.99. The summed E-state index contributed by atoms with van der Waals surface area (Å²) in [6.07, 6.45) is 2.94. The van der Waals surface area contributed by atoms with Crippen LogP contribution >= 0.6 is 0 Å². The van der Waals surface area contributed by atoms with Gasteiger partial charge < -0.3 is 9.69 Å². The second kappa shape index (κ2) is 6.58. The fourth-order valence-electron chi connectivity index (χ4n) is 2.34. The average Bonchev–Trinajstić information content (AvgIpc) is 2.42. The van der Waals surface area contributed by atoms with Crippen molar-refractivity contribution in [2.45, 2.75) is 40.5 Å². The van der Waals surface area contributed by atoms with Crippen molar-refractivity contribution < 1.29 is 4.79 Å². The van der Waals surface area contributed by atoms with E-state index in [0.29, 0.717) is 0 Å². The summed E-state index contributed by atoms with van der Waals surface area (Å²) in [5, 5.41) is 0. The highest BCUT2D eigenvalue weighted by atomic mass is 16.1. The molecule has 0 aromatic heterocycles. The van der Waals surface area contributed by atoms with E-state index >= 15 is 0 Å². The number of para-hydroxylation sites is 1. The number of carbonyl (C=O) groups is 1. The average molecular weight is 247 g/mol. The molecule has 0 aliphatic rings. The van der Waals surface area contributed by atoms with Gasteiger partial charge in [0, 0.05) is 24.2 Å². The second-order valence-electron chi connectivity index (χ2n) is 4.99. The molecule has 0 aliphatic carbocycles. The molecule has 0 saturated carbocycles. The van der Waals surface area contributed by atoms with Crippen molar-refractivity contribution in [3.8, 4) is 0 Å². The van der Waals surface area contributed by atoms with Crippen molar-refractivity contribution in [1.82, 2.24) is 0 Å². The minimum atomic E-state index is -0.210. The summed E-state index contributed by atoms with van der Waals surface area (Å²) in [6, 6.07) is 8.38. The van der Waals surface area contributed by atoms with Crippen LogP contribution in [-0.4, -0.2) is 19.4 Å². The van der Waals surface area contributed by atoms with Gasteiger partial charge in [-0.05, 0) is 38.3 Å². The first-order chi connectivity index (χ1) is 8.62. The maximum absolute atomic E-state index is 11.4. The Morgan fingerprint density at radius 1 is 1.17 bits per heavy atom. The Morgan fingerprint density at radius 3 is 2.22 bits per heavy atom. The third kappa shape index (κ3) is 3.12. The molecule has 2 nitrogen and oxygen atoms in total. The fraction of sp³-hybridized carbons (Fsp3) is 0.562. The van der Waals surface area contributed by atoms with Crippen LogP contribution < -0.4 is 4.90 Å². The maximum atomic E-state index is 11.4. The lowest BCUT2D eigenvalue weighted by molar-refractivity contribution is -0.116. The van der Waals surface area contributed by atoms with Crippen LogP contribution in [0.25, 0.3) is 0 Å². The summed E-state index contributed by atoms with van der Waals surface area (Å²) in [5.74, 6) is 0. The van der Waals surface area contributed by atoms with Crippen molar-refractivity contribution in [3.63, 3.8) is 0 Å². The number of aldehydes is 1. The zero-order valence-electron chi connectivity index (χ0n) is 12.1. The molecular weight excluding hydrogens is 222 g/mol. The molecule has 0 bridgehead atoms. The van der Waals surface area contributed by atoms with Crippen LogP contribution in [0.15, 0.2) is 24.3 Å². The molecule has 0 spiro atoms. The highest BCUT2D eigenvalue weighted by Crippen LogP contribution is 2.28. The molecule has 0 unspecified atom stereocenters. The van der Waals surface area contributed by atoms with Crippen LogP contribution in [0.2, 0.25) is 0 Å². The highest BCUT2D eigenvalue weighted by molar-refractivity contribution is 5.62. The fourth-order valence-corrected chi connectivity index (χ4v) is 2.34. The van der Waals surface area contributed by atoms with Crippen LogP contribution in [0.4, 0.5) is 5.69 Å². The third-order valence-corrected chi connectivity index (χ3v) is 4.00. The lowest BCUT2D eigenvalue weighted by atomic mass is 9.83. The number of aryl methyl sites for hydroxylation is 1. The molecule has 1 rings (SSSR count). The summed E-state index contributed by atoms with van der Waals surface area (Å²) in [5.41, 5.74) is 2.30. The van der Waals surface area contributed by atoms with E-state index in [9.17, 15) is 4.79 Å². The van der Waals surface area contributed by atoms with E-state index < -0.39 is 0 Å². The zero-order valence-corrected chi connectivity index (χ0v) is 12.1. The first-order valence-electron chi connectivity index (χ1n) is 6.89. The first-order valence-corrected chi connectivity index (χ1v) is 6.89. The van der Waals surface area contributed by atoms with E-state index in [2.05, 4.69) is 56.9 Å². The van der Waals surface area contributed by atoms with Gasteiger partial charge in [0.1, 0.15) is 6.29 Å². The van der Waals surface area contributed by atoms with Crippen LogP contribution in [-0.2, 0) is 4.79 Å². The number of carbonyl (C=O) groups excluding carboxylic acids is 1. The Labute approximate surface area is 111 Å². The van der Waals surface area contributed by atoms with E-state index in [4.69, 9.17) is 0 Å². The van der Waals surface area contributed by atoms with Crippen LogP contribution in [0.5, 0.6) is 0 Å². The summed E-state index contributed by atoms with van der Waals surface area (Å²) in [7, 11) is 0. The van der Waals surface area contributed by atoms with Crippen molar-refractivity contribution in [3.05, 3.63) is 29.8 Å². The Hall–Kier alpha value is -1.31. The highest BCUT2D eigenvalue weighted by Gasteiger charge is 2.28. The molecule has 0 fully saturated rings. The standard InChI is InChI=1S/C16H25NO/c1-5-16(6-2,13-18)12-17(7-3)15-11-9-8-10-14(15)4/h8-11,13H,5-7,12H2,1-4H3. The largest absolute Gasteiger partial charge is 0.371 e. The number of hydrogen-bond donors (Lipinski definition) is 0. The number of rotatable bonds is 7. The smallest absolute Gasteiger partial charge is 0.127 e. The SMILES string of the molecule is CCN(CC(C=O)(CC)CC)c1ccccc1C. The van der Waals surface area contributed by atoms with Gasteiger partial charge in [-0.3, -0.25) is 0 Å². The Morgan fingerprint density at radius 2 is 1.78 bits per heavy atom. The lowest BCUT2D eigenvalue weighted by Crippen LogP contribution is -2.38. The first kappa shape index (κ1) is 14.7. The molecule has 0 saturated heterocycles. The predicted molar refractivity (Wildman–Crippen MR) is 78.1 cm³/mol. The van der Waals surface area contributed by atoms with Crippen molar-refractivity contribution in [1.29, 1.82) is 0 Å².